The van der Waals surface area contributed by atoms with E-state index in [0.29, 0.717) is 24.8 Å². The van der Waals surface area contributed by atoms with Gasteiger partial charge in [-0.2, -0.15) is 4.31 Å². The predicted octanol–water partition coefficient (Wildman–Crippen LogP) is 2.05. The number of furan rings is 1. The van der Waals surface area contributed by atoms with Crippen molar-refractivity contribution in [1.29, 1.82) is 0 Å². The number of hydrogen-bond donors (Lipinski definition) is 1. The lowest BCUT2D eigenvalue weighted by atomic mass is 10.1. The molecule has 1 saturated heterocycles. The van der Waals surface area contributed by atoms with Crippen molar-refractivity contribution in [3.8, 4) is 0 Å². The third-order valence-electron chi connectivity index (χ3n) is 4.96. The third-order valence-corrected chi connectivity index (χ3v) is 7.03. The van der Waals surface area contributed by atoms with Gasteiger partial charge in [0.15, 0.2) is 0 Å². The minimum absolute atomic E-state index is 0.0828. The first kappa shape index (κ1) is 22.8. The van der Waals surface area contributed by atoms with E-state index in [9.17, 15) is 13.2 Å². The van der Waals surface area contributed by atoms with E-state index < -0.39 is 15.9 Å². The quantitative estimate of drug-likeness (QED) is 0.655. The molecule has 3 rings (SSSR count). The Kier molecular flexibility index (Phi) is 7.54. The number of rotatable bonds is 8. The molecule has 1 fully saturated rings. The maximum Gasteiger partial charge on any atom is 0.243 e. The lowest BCUT2D eigenvalue weighted by Crippen LogP contribution is -2.45. The number of ether oxygens (including phenoxy) is 1. The van der Waals surface area contributed by atoms with Crippen LogP contribution in [0.1, 0.15) is 17.6 Å². The van der Waals surface area contributed by atoms with Crippen molar-refractivity contribution in [2.75, 3.05) is 46.4 Å². The van der Waals surface area contributed by atoms with Gasteiger partial charge in [-0.05, 0) is 43.3 Å². The van der Waals surface area contributed by atoms with Crippen molar-refractivity contribution in [2.45, 2.75) is 17.9 Å². The van der Waals surface area contributed by atoms with Gasteiger partial charge in [0, 0.05) is 31.7 Å². The highest BCUT2D eigenvalue weighted by atomic mass is 35.5. The summed E-state index contributed by atoms with van der Waals surface area (Å²) in [4.78, 5) is 14.8. The molecule has 0 radical (unpaired) electrons. The van der Waals surface area contributed by atoms with E-state index in [1.54, 1.807) is 0 Å². The van der Waals surface area contributed by atoms with Gasteiger partial charge in [0.25, 0.3) is 0 Å². The van der Waals surface area contributed by atoms with Crippen LogP contribution in [-0.4, -0.2) is 70.0 Å². The Morgan fingerprint density at radius 3 is 2.47 bits per heavy atom. The van der Waals surface area contributed by atoms with Gasteiger partial charge in [-0.3, -0.25) is 9.69 Å². The van der Waals surface area contributed by atoms with E-state index in [1.165, 1.54) is 31.3 Å². The standard InChI is InChI=1S/C20H26ClN3O5S/c1-15-3-8-19(29-15)18(24-9-11-28-12-10-24)13-22-20(25)14-23(2)30(26,27)17-6-4-16(21)5-7-17/h3-8,18H,9-14H2,1-2H3,(H,22,25)/t18-/m1/s1. The van der Waals surface area contributed by atoms with Crippen LogP contribution in [0.5, 0.6) is 0 Å². The number of likely N-dealkylation sites (N-methyl/N-ethyl adjacent to an activating group) is 1. The molecule has 1 amide bonds. The second-order valence-corrected chi connectivity index (χ2v) is 9.61. The van der Waals surface area contributed by atoms with Crippen LogP contribution in [0.15, 0.2) is 45.7 Å². The van der Waals surface area contributed by atoms with Crippen LogP contribution in [0, 0.1) is 6.92 Å². The van der Waals surface area contributed by atoms with Crippen LogP contribution in [-0.2, 0) is 19.6 Å². The number of morpholine rings is 1. The minimum atomic E-state index is -3.79. The topological polar surface area (TPSA) is 92.1 Å². The smallest absolute Gasteiger partial charge is 0.243 e. The SMILES string of the molecule is Cc1ccc([C@@H](CNC(=O)CN(C)S(=O)(=O)c2ccc(Cl)cc2)N2CCOCC2)o1. The number of sulfonamides is 1. The molecule has 1 N–H and O–H groups in total. The highest BCUT2D eigenvalue weighted by Gasteiger charge is 2.27. The van der Waals surface area contributed by atoms with Crippen molar-refractivity contribution in [3.63, 3.8) is 0 Å². The Balaban J connectivity index is 1.62. The van der Waals surface area contributed by atoms with E-state index in [2.05, 4.69) is 10.2 Å². The molecule has 2 heterocycles. The van der Waals surface area contributed by atoms with Crippen LogP contribution in [0.2, 0.25) is 5.02 Å². The van der Waals surface area contributed by atoms with Gasteiger partial charge in [-0.15, -0.1) is 0 Å². The largest absolute Gasteiger partial charge is 0.465 e. The summed E-state index contributed by atoms with van der Waals surface area (Å²) in [7, 11) is -2.42. The number of nitrogens with zero attached hydrogens (tertiary/aromatic N) is 2. The van der Waals surface area contributed by atoms with Crippen molar-refractivity contribution < 1.29 is 22.4 Å². The number of carbonyl (C=O) groups is 1. The third kappa shape index (κ3) is 5.61. The zero-order valence-corrected chi connectivity index (χ0v) is 18.6. The molecule has 1 aromatic heterocycles. The van der Waals surface area contributed by atoms with Gasteiger partial charge in [-0.25, -0.2) is 8.42 Å². The molecule has 164 valence electrons. The Bertz CT molecular complexity index is 955. The van der Waals surface area contributed by atoms with Crippen molar-refractivity contribution in [3.05, 3.63) is 52.9 Å². The van der Waals surface area contributed by atoms with Crippen molar-refractivity contribution in [2.24, 2.45) is 0 Å². The minimum Gasteiger partial charge on any atom is -0.465 e. The predicted molar refractivity (Wildman–Crippen MR) is 113 cm³/mol. The fourth-order valence-corrected chi connectivity index (χ4v) is 4.52. The summed E-state index contributed by atoms with van der Waals surface area (Å²) in [6, 6.07) is 9.47. The van der Waals surface area contributed by atoms with Gasteiger partial charge in [0.1, 0.15) is 11.5 Å². The molecule has 1 aliphatic rings. The Morgan fingerprint density at radius 1 is 1.20 bits per heavy atom. The van der Waals surface area contributed by atoms with Gasteiger partial charge < -0.3 is 14.5 Å². The number of aryl methyl sites for hydroxylation is 1. The normalized spacial score (nSPS) is 16.5. The van der Waals surface area contributed by atoms with Crippen molar-refractivity contribution >= 4 is 27.5 Å². The molecule has 0 spiro atoms. The summed E-state index contributed by atoms with van der Waals surface area (Å²) in [6.07, 6.45) is 0. The van der Waals surface area contributed by atoms with E-state index in [0.717, 1.165) is 28.9 Å². The fraction of sp³-hybridized carbons (Fsp3) is 0.450. The Hall–Kier alpha value is -1.91. The van der Waals surface area contributed by atoms with Crippen molar-refractivity contribution in [1.82, 2.24) is 14.5 Å². The molecular formula is C20H26ClN3O5S. The zero-order chi connectivity index (χ0) is 21.7. The summed E-state index contributed by atoms with van der Waals surface area (Å²) < 4.78 is 37.5. The average Bonchev–Trinajstić information content (AvgIpc) is 3.15. The Labute approximate surface area is 181 Å². The first-order valence-electron chi connectivity index (χ1n) is 9.64. The lowest BCUT2D eigenvalue weighted by molar-refractivity contribution is -0.121. The zero-order valence-electron chi connectivity index (χ0n) is 17.0. The number of halogens is 1. The van der Waals surface area contributed by atoms with Crippen LogP contribution in [0.3, 0.4) is 0 Å². The maximum absolute atomic E-state index is 12.7. The van der Waals surface area contributed by atoms with Gasteiger partial charge in [0.05, 0.1) is 30.7 Å². The van der Waals surface area contributed by atoms with Crippen LogP contribution < -0.4 is 5.32 Å². The molecule has 10 heteroatoms. The maximum atomic E-state index is 12.7. The van der Waals surface area contributed by atoms with E-state index in [1.807, 2.05) is 19.1 Å². The number of hydrogen-bond acceptors (Lipinski definition) is 6. The van der Waals surface area contributed by atoms with Gasteiger partial charge in [-0.1, -0.05) is 11.6 Å². The number of amides is 1. The van der Waals surface area contributed by atoms with Gasteiger partial charge in [0.2, 0.25) is 15.9 Å². The van der Waals surface area contributed by atoms with Crippen LogP contribution in [0.4, 0.5) is 0 Å². The molecular weight excluding hydrogens is 430 g/mol. The summed E-state index contributed by atoms with van der Waals surface area (Å²) in [5.41, 5.74) is 0. The molecule has 0 saturated carbocycles. The van der Waals surface area contributed by atoms with Gasteiger partial charge >= 0.3 is 0 Å². The summed E-state index contributed by atoms with van der Waals surface area (Å²) in [5.74, 6) is 1.16. The second kappa shape index (κ2) is 9.93. The summed E-state index contributed by atoms with van der Waals surface area (Å²) in [6.45, 7) is 4.57. The fourth-order valence-electron chi connectivity index (χ4n) is 3.27. The number of nitrogens with one attached hydrogen (secondary N) is 1. The molecule has 2 aromatic rings. The van der Waals surface area contributed by atoms with E-state index in [4.69, 9.17) is 20.8 Å². The molecule has 0 bridgehead atoms. The monoisotopic (exact) mass is 455 g/mol. The molecule has 30 heavy (non-hydrogen) atoms. The average molecular weight is 456 g/mol. The molecule has 1 aliphatic heterocycles. The van der Waals surface area contributed by atoms with E-state index >= 15 is 0 Å². The second-order valence-electron chi connectivity index (χ2n) is 7.13. The van der Waals surface area contributed by atoms with Crippen LogP contribution in [0.25, 0.3) is 0 Å². The molecule has 1 atom stereocenters. The van der Waals surface area contributed by atoms with E-state index in [-0.39, 0.29) is 17.5 Å². The molecule has 8 nitrogen and oxygen atoms in total. The highest BCUT2D eigenvalue weighted by Crippen LogP contribution is 2.23. The first-order valence-corrected chi connectivity index (χ1v) is 11.5. The number of benzene rings is 1. The number of carbonyl (C=O) groups excluding carboxylic acids is 1. The van der Waals surface area contributed by atoms with Crippen LogP contribution >= 0.6 is 11.6 Å². The summed E-state index contributed by atoms with van der Waals surface area (Å²) >= 11 is 5.82. The molecule has 0 aliphatic carbocycles. The first-order chi connectivity index (χ1) is 14.3. The molecule has 0 unspecified atom stereocenters. The lowest BCUT2D eigenvalue weighted by Gasteiger charge is -2.33. The Morgan fingerprint density at radius 2 is 1.87 bits per heavy atom. The summed E-state index contributed by atoms with van der Waals surface area (Å²) in [5, 5.41) is 3.28. The molecule has 1 aromatic carbocycles. The highest BCUT2D eigenvalue weighted by molar-refractivity contribution is 7.89.